The van der Waals surface area contributed by atoms with E-state index in [1.165, 1.54) is 22.7 Å². The Morgan fingerprint density at radius 3 is 3.06 bits per heavy atom. The Labute approximate surface area is 107 Å². The van der Waals surface area contributed by atoms with Crippen molar-refractivity contribution in [1.82, 2.24) is 4.98 Å². The average Bonchev–Trinajstić information content (AvgIpc) is 2.72. The Morgan fingerprint density at radius 1 is 1.38 bits per heavy atom. The molecule has 2 heterocycles. The monoisotopic (exact) mass is 296 g/mol. The van der Waals surface area contributed by atoms with E-state index in [-0.39, 0.29) is 0 Å². The molecule has 84 valence electrons. The molecule has 0 N–H and O–H groups in total. The van der Waals surface area contributed by atoms with Crippen LogP contribution in [0.3, 0.4) is 0 Å². The van der Waals surface area contributed by atoms with Crippen LogP contribution >= 0.6 is 27.3 Å². The molecule has 0 amide bonds. The van der Waals surface area contributed by atoms with Gasteiger partial charge >= 0.3 is 0 Å². The SMILES string of the molecule is BrC1CCCN(c2nc3ccccc3s2)C1. The van der Waals surface area contributed by atoms with Crippen molar-refractivity contribution in [2.45, 2.75) is 17.7 Å². The first-order chi connectivity index (χ1) is 7.83. The second-order valence-electron chi connectivity index (χ2n) is 4.15. The summed E-state index contributed by atoms with van der Waals surface area (Å²) in [7, 11) is 0. The zero-order valence-corrected chi connectivity index (χ0v) is 11.3. The zero-order valence-electron chi connectivity index (χ0n) is 8.90. The van der Waals surface area contributed by atoms with Crippen molar-refractivity contribution in [1.29, 1.82) is 0 Å². The topological polar surface area (TPSA) is 16.1 Å². The molecule has 1 fully saturated rings. The predicted octanol–water partition coefficient (Wildman–Crippen LogP) is 3.66. The molecule has 1 unspecified atom stereocenters. The molecule has 2 aromatic rings. The summed E-state index contributed by atoms with van der Waals surface area (Å²) in [5.41, 5.74) is 1.12. The molecule has 2 nitrogen and oxygen atoms in total. The first-order valence-electron chi connectivity index (χ1n) is 5.57. The third kappa shape index (κ3) is 1.96. The van der Waals surface area contributed by atoms with Gasteiger partial charge in [-0.15, -0.1) is 0 Å². The number of thiazole rings is 1. The van der Waals surface area contributed by atoms with Crippen LogP contribution in [0, 0.1) is 0 Å². The minimum atomic E-state index is 0.619. The van der Waals surface area contributed by atoms with Gasteiger partial charge in [-0.3, -0.25) is 0 Å². The molecule has 3 rings (SSSR count). The lowest BCUT2D eigenvalue weighted by molar-refractivity contribution is 0.595. The highest BCUT2D eigenvalue weighted by Gasteiger charge is 2.20. The summed E-state index contributed by atoms with van der Waals surface area (Å²) in [6, 6.07) is 8.36. The minimum Gasteiger partial charge on any atom is -0.347 e. The fourth-order valence-corrected chi connectivity index (χ4v) is 3.77. The van der Waals surface area contributed by atoms with Gasteiger partial charge in [-0.2, -0.15) is 0 Å². The normalized spacial score (nSPS) is 21.6. The fraction of sp³-hybridized carbons (Fsp3) is 0.417. The van der Waals surface area contributed by atoms with Gasteiger partial charge in [0.25, 0.3) is 0 Å². The lowest BCUT2D eigenvalue weighted by Crippen LogP contribution is -2.35. The van der Waals surface area contributed by atoms with E-state index in [0.717, 1.165) is 18.6 Å². The smallest absolute Gasteiger partial charge is 0.186 e. The van der Waals surface area contributed by atoms with E-state index in [4.69, 9.17) is 4.98 Å². The molecular formula is C12H13BrN2S. The van der Waals surface area contributed by atoms with Crippen LogP contribution in [-0.2, 0) is 0 Å². The maximum Gasteiger partial charge on any atom is 0.186 e. The number of hydrogen-bond donors (Lipinski definition) is 0. The van der Waals surface area contributed by atoms with Gasteiger partial charge in [-0.05, 0) is 25.0 Å². The predicted molar refractivity (Wildman–Crippen MR) is 73.8 cm³/mol. The summed E-state index contributed by atoms with van der Waals surface area (Å²) in [6.45, 7) is 2.22. The number of alkyl halides is 1. The minimum absolute atomic E-state index is 0.619. The van der Waals surface area contributed by atoms with E-state index in [1.807, 2.05) is 0 Å². The number of para-hydroxylation sites is 1. The van der Waals surface area contributed by atoms with Gasteiger partial charge in [0.1, 0.15) is 0 Å². The first kappa shape index (κ1) is 10.5. The number of anilines is 1. The fourth-order valence-electron chi connectivity index (χ4n) is 2.09. The van der Waals surface area contributed by atoms with Gasteiger partial charge in [0.2, 0.25) is 0 Å². The number of nitrogens with zero attached hydrogens (tertiary/aromatic N) is 2. The van der Waals surface area contributed by atoms with E-state index in [9.17, 15) is 0 Å². The van der Waals surface area contributed by atoms with Crippen molar-refractivity contribution in [3.63, 3.8) is 0 Å². The number of hydrogen-bond acceptors (Lipinski definition) is 3. The molecule has 0 aliphatic carbocycles. The van der Waals surface area contributed by atoms with Crippen LogP contribution in [0.5, 0.6) is 0 Å². The largest absolute Gasteiger partial charge is 0.347 e. The summed E-state index contributed by atoms with van der Waals surface area (Å²) in [6.07, 6.45) is 2.53. The average molecular weight is 297 g/mol. The van der Waals surface area contributed by atoms with Crippen molar-refractivity contribution in [2.24, 2.45) is 0 Å². The molecule has 0 bridgehead atoms. The lowest BCUT2D eigenvalue weighted by atomic mass is 10.1. The molecule has 1 aromatic carbocycles. The van der Waals surface area contributed by atoms with Gasteiger partial charge in [0.05, 0.1) is 10.2 Å². The molecule has 4 heteroatoms. The molecule has 1 atom stereocenters. The van der Waals surface area contributed by atoms with Gasteiger partial charge in [-0.1, -0.05) is 39.4 Å². The van der Waals surface area contributed by atoms with Gasteiger partial charge < -0.3 is 4.90 Å². The molecular weight excluding hydrogens is 284 g/mol. The van der Waals surface area contributed by atoms with Crippen molar-refractivity contribution in [3.05, 3.63) is 24.3 Å². The maximum absolute atomic E-state index is 4.69. The Balaban J connectivity index is 1.93. The first-order valence-corrected chi connectivity index (χ1v) is 7.31. The second kappa shape index (κ2) is 4.34. The van der Waals surface area contributed by atoms with E-state index in [1.54, 1.807) is 11.3 Å². The molecule has 1 aromatic heterocycles. The second-order valence-corrected chi connectivity index (χ2v) is 6.45. The van der Waals surface area contributed by atoms with Crippen LogP contribution in [-0.4, -0.2) is 22.9 Å². The van der Waals surface area contributed by atoms with Crippen LogP contribution in [0.15, 0.2) is 24.3 Å². The molecule has 16 heavy (non-hydrogen) atoms. The maximum atomic E-state index is 4.69. The van der Waals surface area contributed by atoms with Crippen molar-refractivity contribution < 1.29 is 0 Å². The molecule has 0 spiro atoms. The van der Waals surface area contributed by atoms with E-state index >= 15 is 0 Å². The van der Waals surface area contributed by atoms with Crippen molar-refractivity contribution in [2.75, 3.05) is 18.0 Å². The van der Waals surface area contributed by atoms with Crippen LogP contribution in [0.1, 0.15) is 12.8 Å². The van der Waals surface area contributed by atoms with Crippen LogP contribution < -0.4 is 4.90 Å². The number of halogens is 1. The third-order valence-corrected chi connectivity index (χ3v) is 4.76. The lowest BCUT2D eigenvalue weighted by Gasteiger charge is -2.29. The highest BCUT2D eigenvalue weighted by atomic mass is 79.9. The highest BCUT2D eigenvalue weighted by Crippen LogP contribution is 2.31. The number of fused-ring (bicyclic) bond motifs is 1. The molecule has 1 aliphatic rings. The number of rotatable bonds is 1. The van der Waals surface area contributed by atoms with Gasteiger partial charge in [0, 0.05) is 17.9 Å². The zero-order chi connectivity index (χ0) is 11.0. The summed E-state index contributed by atoms with van der Waals surface area (Å²) in [5.74, 6) is 0. The standard InChI is InChI=1S/C12H13BrN2S/c13-9-4-3-7-15(8-9)12-14-10-5-1-2-6-11(10)16-12/h1-2,5-6,9H,3-4,7-8H2. The van der Waals surface area contributed by atoms with E-state index in [2.05, 4.69) is 45.1 Å². The van der Waals surface area contributed by atoms with Crippen molar-refractivity contribution >= 4 is 42.6 Å². The Kier molecular flexibility index (Phi) is 2.86. The quantitative estimate of drug-likeness (QED) is 0.747. The third-order valence-electron chi connectivity index (χ3n) is 2.92. The van der Waals surface area contributed by atoms with Crippen molar-refractivity contribution in [3.8, 4) is 0 Å². The summed E-state index contributed by atoms with van der Waals surface area (Å²) < 4.78 is 1.29. The molecule has 0 radical (unpaired) electrons. The Hall–Kier alpha value is -0.610. The van der Waals surface area contributed by atoms with Gasteiger partial charge in [-0.25, -0.2) is 4.98 Å². The van der Waals surface area contributed by atoms with Crippen LogP contribution in [0.4, 0.5) is 5.13 Å². The highest BCUT2D eigenvalue weighted by molar-refractivity contribution is 9.09. The summed E-state index contributed by atoms with van der Waals surface area (Å²) >= 11 is 5.50. The summed E-state index contributed by atoms with van der Waals surface area (Å²) in [4.78, 5) is 7.71. The van der Waals surface area contributed by atoms with E-state index in [0.29, 0.717) is 4.83 Å². The van der Waals surface area contributed by atoms with Crippen LogP contribution in [0.25, 0.3) is 10.2 Å². The molecule has 1 aliphatic heterocycles. The molecule has 0 saturated carbocycles. The van der Waals surface area contributed by atoms with E-state index < -0.39 is 0 Å². The molecule has 1 saturated heterocycles. The Morgan fingerprint density at radius 2 is 2.25 bits per heavy atom. The number of aromatic nitrogens is 1. The number of benzene rings is 1. The number of piperidine rings is 1. The summed E-state index contributed by atoms with van der Waals surface area (Å²) in [5, 5.41) is 1.17. The Bertz CT molecular complexity index is 463. The van der Waals surface area contributed by atoms with Crippen LogP contribution in [0.2, 0.25) is 0 Å². The van der Waals surface area contributed by atoms with Gasteiger partial charge in [0.15, 0.2) is 5.13 Å².